The number of carbonyl (C=O) groups is 1. The van der Waals surface area contributed by atoms with Crippen LogP contribution in [0.4, 0.5) is 0 Å². The number of amides is 1. The largest absolute Gasteiger partial charge is 0.392 e. The Balaban J connectivity index is 1.86. The molecule has 0 saturated carbocycles. The summed E-state index contributed by atoms with van der Waals surface area (Å²) < 4.78 is 0. The van der Waals surface area contributed by atoms with Crippen molar-refractivity contribution < 1.29 is 9.90 Å². The molecular weight excluding hydrogens is 276 g/mol. The van der Waals surface area contributed by atoms with Crippen LogP contribution in [0.3, 0.4) is 0 Å². The van der Waals surface area contributed by atoms with E-state index in [1.807, 2.05) is 25.1 Å². The summed E-state index contributed by atoms with van der Waals surface area (Å²) in [6.07, 6.45) is 3.65. The minimum Gasteiger partial charge on any atom is -0.392 e. The summed E-state index contributed by atoms with van der Waals surface area (Å²) in [7, 11) is 0. The summed E-state index contributed by atoms with van der Waals surface area (Å²) in [4.78, 5) is 14.4. The molecule has 1 aromatic rings. The third-order valence-corrected chi connectivity index (χ3v) is 4.61. The monoisotopic (exact) mass is 304 g/mol. The highest BCUT2D eigenvalue weighted by atomic mass is 16.3. The highest BCUT2D eigenvalue weighted by Crippen LogP contribution is 2.20. The molecule has 22 heavy (non-hydrogen) atoms. The molecule has 0 spiro atoms. The SMILES string of the molecule is CCC(O)C1CCCCN1CC(=O)NCc1ccccc1C. The highest BCUT2D eigenvalue weighted by Gasteiger charge is 2.28. The zero-order chi connectivity index (χ0) is 15.9. The molecule has 1 saturated heterocycles. The van der Waals surface area contributed by atoms with Gasteiger partial charge in [-0.25, -0.2) is 0 Å². The number of rotatable bonds is 6. The Labute approximate surface area is 133 Å². The van der Waals surface area contributed by atoms with E-state index in [-0.39, 0.29) is 18.1 Å². The smallest absolute Gasteiger partial charge is 0.234 e. The van der Waals surface area contributed by atoms with Crippen molar-refractivity contribution in [3.05, 3.63) is 35.4 Å². The topological polar surface area (TPSA) is 52.6 Å². The number of aliphatic hydroxyl groups is 1. The first-order chi connectivity index (χ1) is 10.6. The number of benzene rings is 1. The molecule has 1 aliphatic heterocycles. The number of nitrogens with one attached hydrogen (secondary N) is 1. The Morgan fingerprint density at radius 2 is 2.18 bits per heavy atom. The van der Waals surface area contributed by atoms with Gasteiger partial charge < -0.3 is 10.4 Å². The molecule has 1 fully saturated rings. The zero-order valence-electron chi connectivity index (χ0n) is 13.7. The Bertz CT molecular complexity index is 490. The van der Waals surface area contributed by atoms with E-state index in [2.05, 4.69) is 23.2 Å². The summed E-state index contributed by atoms with van der Waals surface area (Å²) in [5.74, 6) is 0.0402. The van der Waals surface area contributed by atoms with E-state index in [4.69, 9.17) is 0 Å². The molecule has 1 heterocycles. The molecule has 1 aromatic carbocycles. The first kappa shape index (κ1) is 17.0. The maximum Gasteiger partial charge on any atom is 0.234 e. The van der Waals surface area contributed by atoms with Gasteiger partial charge in [0.2, 0.25) is 5.91 Å². The minimum atomic E-state index is -0.329. The lowest BCUT2D eigenvalue weighted by atomic mass is 9.96. The lowest BCUT2D eigenvalue weighted by Gasteiger charge is -2.37. The van der Waals surface area contributed by atoms with Crippen molar-refractivity contribution >= 4 is 5.91 Å². The van der Waals surface area contributed by atoms with E-state index in [9.17, 15) is 9.90 Å². The fourth-order valence-corrected chi connectivity index (χ4v) is 3.16. The van der Waals surface area contributed by atoms with Gasteiger partial charge in [0, 0.05) is 12.6 Å². The molecule has 1 amide bonds. The molecule has 122 valence electrons. The molecular formula is C18H28N2O2. The Morgan fingerprint density at radius 3 is 2.91 bits per heavy atom. The molecule has 2 rings (SSSR count). The van der Waals surface area contributed by atoms with Crippen LogP contribution in [0, 0.1) is 6.92 Å². The summed E-state index contributed by atoms with van der Waals surface area (Å²) in [6, 6.07) is 8.22. The first-order valence-corrected chi connectivity index (χ1v) is 8.35. The second-order valence-electron chi connectivity index (χ2n) is 6.21. The van der Waals surface area contributed by atoms with Gasteiger partial charge in [0.15, 0.2) is 0 Å². The Hall–Kier alpha value is -1.39. The van der Waals surface area contributed by atoms with Gasteiger partial charge in [0.1, 0.15) is 0 Å². The molecule has 4 nitrogen and oxygen atoms in total. The van der Waals surface area contributed by atoms with Gasteiger partial charge >= 0.3 is 0 Å². The fraction of sp³-hybridized carbons (Fsp3) is 0.611. The van der Waals surface area contributed by atoms with E-state index >= 15 is 0 Å². The third kappa shape index (κ3) is 4.55. The summed E-state index contributed by atoms with van der Waals surface area (Å²) >= 11 is 0. The molecule has 0 aromatic heterocycles. The van der Waals surface area contributed by atoms with Crippen molar-refractivity contribution in [1.82, 2.24) is 10.2 Å². The number of hydrogen-bond acceptors (Lipinski definition) is 3. The van der Waals surface area contributed by atoms with Gasteiger partial charge in [-0.05, 0) is 43.9 Å². The molecule has 0 radical (unpaired) electrons. The molecule has 2 atom stereocenters. The van der Waals surface area contributed by atoms with Crippen molar-refractivity contribution in [1.29, 1.82) is 0 Å². The lowest BCUT2D eigenvalue weighted by molar-refractivity contribution is -0.124. The van der Waals surface area contributed by atoms with Crippen molar-refractivity contribution in [2.45, 2.75) is 58.2 Å². The van der Waals surface area contributed by atoms with Gasteiger partial charge in [-0.15, -0.1) is 0 Å². The molecule has 2 unspecified atom stereocenters. The van der Waals surface area contributed by atoms with Crippen LogP contribution in [-0.2, 0) is 11.3 Å². The Morgan fingerprint density at radius 1 is 1.41 bits per heavy atom. The van der Waals surface area contributed by atoms with Crippen molar-refractivity contribution in [3.63, 3.8) is 0 Å². The minimum absolute atomic E-state index is 0.0402. The van der Waals surface area contributed by atoms with Gasteiger partial charge in [0.25, 0.3) is 0 Å². The van der Waals surface area contributed by atoms with Crippen LogP contribution >= 0.6 is 0 Å². The number of hydrogen-bond donors (Lipinski definition) is 2. The summed E-state index contributed by atoms with van der Waals surface area (Å²) in [5, 5.41) is 13.1. The van der Waals surface area contributed by atoms with Gasteiger partial charge in [0.05, 0.1) is 12.6 Å². The second-order valence-corrected chi connectivity index (χ2v) is 6.21. The predicted molar refractivity (Wildman–Crippen MR) is 88.5 cm³/mol. The second kappa shape index (κ2) is 8.30. The highest BCUT2D eigenvalue weighted by molar-refractivity contribution is 5.78. The average molecular weight is 304 g/mol. The number of aliphatic hydroxyl groups excluding tert-OH is 1. The molecule has 0 bridgehead atoms. The van der Waals surface area contributed by atoms with Crippen LogP contribution < -0.4 is 5.32 Å². The maximum atomic E-state index is 12.2. The molecule has 2 N–H and O–H groups in total. The normalized spacial score (nSPS) is 20.6. The van der Waals surface area contributed by atoms with Crippen LogP contribution in [-0.4, -0.2) is 41.1 Å². The number of carbonyl (C=O) groups excluding carboxylic acids is 1. The van der Waals surface area contributed by atoms with Crippen molar-refractivity contribution in [3.8, 4) is 0 Å². The van der Waals surface area contributed by atoms with E-state index in [0.29, 0.717) is 13.1 Å². The van der Waals surface area contributed by atoms with Gasteiger partial charge in [-0.2, -0.15) is 0 Å². The summed E-state index contributed by atoms with van der Waals surface area (Å²) in [5.41, 5.74) is 2.35. The number of aryl methyl sites for hydroxylation is 1. The standard InChI is InChI=1S/C18H28N2O2/c1-3-17(21)16-10-6-7-11-20(16)13-18(22)19-12-15-9-5-4-8-14(15)2/h4-5,8-9,16-17,21H,3,6-7,10-13H2,1-2H3,(H,19,22). The average Bonchev–Trinajstić information content (AvgIpc) is 2.54. The van der Waals surface area contributed by atoms with Gasteiger partial charge in [-0.3, -0.25) is 9.69 Å². The van der Waals surface area contributed by atoms with Crippen LogP contribution in [0.1, 0.15) is 43.7 Å². The molecule has 4 heteroatoms. The third-order valence-electron chi connectivity index (χ3n) is 4.61. The quantitative estimate of drug-likeness (QED) is 0.847. The Kier molecular flexibility index (Phi) is 6.40. The molecule has 0 aliphatic carbocycles. The van der Waals surface area contributed by atoms with E-state index in [1.54, 1.807) is 0 Å². The predicted octanol–water partition coefficient (Wildman–Crippen LogP) is 2.24. The lowest BCUT2D eigenvalue weighted by Crippen LogP contribution is -2.50. The number of nitrogens with zero attached hydrogens (tertiary/aromatic N) is 1. The van der Waals surface area contributed by atoms with Crippen LogP contribution in [0.2, 0.25) is 0 Å². The van der Waals surface area contributed by atoms with Crippen molar-refractivity contribution in [2.75, 3.05) is 13.1 Å². The number of likely N-dealkylation sites (tertiary alicyclic amines) is 1. The van der Waals surface area contributed by atoms with Crippen LogP contribution in [0.15, 0.2) is 24.3 Å². The van der Waals surface area contributed by atoms with E-state index < -0.39 is 0 Å². The van der Waals surface area contributed by atoms with Crippen LogP contribution in [0.5, 0.6) is 0 Å². The number of piperidine rings is 1. The van der Waals surface area contributed by atoms with E-state index in [0.717, 1.165) is 37.8 Å². The summed E-state index contributed by atoms with van der Waals surface area (Å²) in [6.45, 7) is 5.91. The maximum absolute atomic E-state index is 12.2. The van der Waals surface area contributed by atoms with Crippen molar-refractivity contribution in [2.24, 2.45) is 0 Å². The van der Waals surface area contributed by atoms with Crippen LogP contribution in [0.25, 0.3) is 0 Å². The fourth-order valence-electron chi connectivity index (χ4n) is 3.16. The molecule has 1 aliphatic rings. The van der Waals surface area contributed by atoms with Gasteiger partial charge in [-0.1, -0.05) is 37.6 Å². The first-order valence-electron chi connectivity index (χ1n) is 8.35. The zero-order valence-corrected chi connectivity index (χ0v) is 13.7. The van der Waals surface area contributed by atoms with E-state index in [1.165, 1.54) is 5.56 Å².